The molecule has 2 N–H and O–H groups in total. The fourth-order valence-electron chi connectivity index (χ4n) is 2.53. The predicted molar refractivity (Wildman–Crippen MR) is 89.9 cm³/mol. The third-order valence-corrected chi connectivity index (χ3v) is 3.83. The Bertz CT molecular complexity index is 720. The van der Waals surface area contributed by atoms with Crippen LogP contribution >= 0.6 is 11.6 Å². The second kappa shape index (κ2) is 7.33. The Labute approximate surface area is 139 Å². The summed E-state index contributed by atoms with van der Waals surface area (Å²) >= 11 is 5.93. The Morgan fingerprint density at radius 3 is 2.48 bits per heavy atom. The molecule has 122 valence electrons. The molecule has 0 saturated heterocycles. The fraction of sp³-hybridized carbons (Fsp3) is 0.294. The van der Waals surface area contributed by atoms with Crippen molar-refractivity contribution in [1.29, 1.82) is 0 Å². The average Bonchev–Trinajstić information content (AvgIpc) is 2.84. The van der Waals surface area contributed by atoms with E-state index in [-0.39, 0.29) is 18.9 Å². The number of nitrogens with one attached hydrogen (secondary N) is 1. The van der Waals surface area contributed by atoms with Crippen LogP contribution < -0.4 is 5.32 Å². The van der Waals surface area contributed by atoms with Crippen LogP contribution in [0.5, 0.6) is 0 Å². The van der Waals surface area contributed by atoms with E-state index in [0.29, 0.717) is 17.3 Å². The third-order valence-electron chi connectivity index (χ3n) is 3.58. The zero-order valence-corrected chi connectivity index (χ0v) is 13.9. The molecule has 0 aliphatic heterocycles. The normalized spacial score (nSPS) is 10.6. The number of carbonyl (C=O) groups is 2. The summed E-state index contributed by atoms with van der Waals surface area (Å²) in [6, 6.07) is 7.31. The number of halogens is 1. The molecule has 1 heterocycles. The molecule has 0 spiro atoms. The van der Waals surface area contributed by atoms with Crippen molar-refractivity contribution in [2.24, 2.45) is 0 Å². The van der Waals surface area contributed by atoms with Crippen LogP contribution in [0.4, 0.5) is 0 Å². The summed E-state index contributed by atoms with van der Waals surface area (Å²) in [5.74, 6) is -1.21. The summed E-state index contributed by atoms with van der Waals surface area (Å²) in [6.07, 6.45) is 1.82. The number of carboxylic acid groups (broad SMARTS) is 1. The molecule has 2 rings (SSSR count). The van der Waals surface area contributed by atoms with E-state index in [4.69, 9.17) is 16.7 Å². The van der Waals surface area contributed by atoms with Gasteiger partial charge in [0, 0.05) is 29.9 Å². The number of carbonyl (C=O) groups excluding carboxylic acids is 1. The number of aromatic nitrogens is 1. The topological polar surface area (TPSA) is 71.3 Å². The van der Waals surface area contributed by atoms with Gasteiger partial charge in [-0.15, -0.1) is 0 Å². The summed E-state index contributed by atoms with van der Waals surface area (Å²) in [4.78, 5) is 23.1. The van der Waals surface area contributed by atoms with Crippen LogP contribution in [0.15, 0.2) is 30.5 Å². The molecule has 0 aliphatic carbocycles. The van der Waals surface area contributed by atoms with Gasteiger partial charge >= 0.3 is 5.97 Å². The molecule has 2 aromatic rings. The molecule has 0 radical (unpaired) electrons. The third kappa shape index (κ3) is 3.93. The van der Waals surface area contributed by atoms with Gasteiger partial charge in [0.1, 0.15) is 5.69 Å². The van der Waals surface area contributed by atoms with Crippen molar-refractivity contribution < 1.29 is 14.7 Å². The van der Waals surface area contributed by atoms with Crippen LogP contribution in [0.25, 0.3) is 11.1 Å². The molecule has 1 aromatic carbocycles. The van der Waals surface area contributed by atoms with E-state index in [9.17, 15) is 9.59 Å². The monoisotopic (exact) mass is 334 g/mol. The minimum atomic E-state index is -0.940. The molecule has 6 heteroatoms. The Morgan fingerprint density at radius 2 is 1.91 bits per heavy atom. The second-order valence-electron chi connectivity index (χ2n) is 5.23. The van der Waals surface area contributed by atoms with Gasteiger partial charge < -0.3 is 15.0 Å². The van der Waals surface area contributed by atoms with E-state index in [1.807, 2.05) is 36.7 Å². The zero-order valence-electron chi connectivity index (χ0n) is 13.1. The van der Waals surface area contributed by atoms with Crippen molar-refractivity contribution in [1.82, 2.24) is 9.88 Å². The summed E-state index contributed by atoms with van der Waals surface area (Å²) < 4.78 is 1.87. The van der Waals surface area contributed by atoms with Crippen LogP contribution in [-0.4, -0.2) is 28.1 Å². The molecule has 0 fully saturated rings. The van der Waals surface area contributed by atoms with E-state index in [1.165, 1.54) is 0 Å². The number of hydrogen-bond acceptors (Lipinski definition) is 2. The Kier molecular flexibility index (Phi) is 5.45. The maximum atomic E-state index is 12.5. The molecular weight excluding hydrogens is 316 g/mol. The molecule has 0 atom stereocenters. The van der Waals surface area contributed by atoms with Gasteiger partial charge in [-0.2, -0.15) is 0 Å². The predicted octanol–water partition coefficient (Wildman–Crippen LogP) is 3.34. The number of aliphatic carboxylic acids is 1. The number of carboxylic acids is 1. The molecule has 23 heavy (non-hydrogen) atoms. The molecule has 0 aliphatic rings. The summed E-state index contributed by atoms with van der Waals surface area (Å²) in [5, 5.41) is 12.0. The summed E-state index contributed by atoms with van der Waals surface area (Å²) in [7, 11) is 0. The molecule has 1 aromatic heterocycles. The fourth-order valence-corrected chi connectivity index (χ4v) is 2.66. The maximum absolute atomic E-state index is 12.5. The van der Waals surface area contributed by atoms with E-state index in [1.54, 1.807) is 12.1 Å². The molecule has 0 saturated carbocycles. The first-order valence-electron chi connectivity index (χ1n) is 7.39. The molecule has 5 nitrogen and oxygen atoms in total. The SMILES string of the molecule is CCn1cc(C)c(-c2ccc(Cl)cc2)c1C(=O)NCCC(=O)O. The van der Waals surface area contributed by atoms with Crippen LogP contribution in [0.2, 0.25) is 5.02 Å². The quantitative estimate of drug-likeness (QED) is 0.851. The summed E-state index contributed by atoms with van der Waals surface area (Å²) in [5.41, 5.74) is 3.27. The Hall–Kier alpha value is -2.27. The average molecular weight is 335 g/mol. The minimum absolute atomic E-state index is 0.0994. The largest absolute Gasteiger partial charge is 0.481 e. The smallest absolute Gasteiger partial charge is 0.305 e. The highest BCUT2D eigenvalue weighted by atomic mass is 35.5. The maximum Gasteiger partial charge on any atom is 0.305 e. The highest BCUT2D eigenvalue weighted by Gasteiger charge is 2.20. The second-order valence-corrected chi connectivity index (χ2v) is 5.66. The lowest BCUT2D eigenvalue weighted by molar-refractivity contribution is -0.136. The first-order chi connectivity index (χ1) is 10.9. The van der Waals surface area contributed by atoms with Crippen LogP contribution in [-0.2, 0) is 11.3 Å². The van der Waals surface area contributed by atoms with Gasteiger partial charge in [0.2, 0.25) is 0 Å². The standard InChI is InChI=1S/C17H19ClN2O3/c1-3-20-10-11(2)15(12-4-6-13(18)7-5-12)16(20)17(23)19-9-8-14(21)22/h4-7,10H,3,8-9H2,1-2H3,(H,19,23)(H,21,22). The Balaban J connectivity index is 2.38. The first kappa shape index (κ1) is 17.1. The lowest BCUT2D eigenvalue weighted by Crippen LogP contribution is -2.28. The number of hydrogen-bond donors (Lipinski definition) is 2. The van der Waals surface area contributed by atoms with E-state index >= 15 is 0 Å². The van der Waals surface area contributed by atoms with Gasteiger partial charge in [-0.3, -0.25) is 9.59 Å². The molecule has 0 bridgehead atoms. The number of aryl methyl sites for hydroxylation is 2. The van der Waals surface area contributed by atoms with Crippen molar-refractivity contribution in [2.75, 3.05) is 6.54 Å². The van der Waals surface area contributed by atoms with Crippen molar-refractivity contribution in [2.45, 2.75) is 26.8 Å². The van der Waals surface area contributed by atoms with Crippen molar-refractivity contribution in [3.8, 4) is 11.1 Å². The van der Waals surface area contributed by atoms with Gasteiger partial charge in [0.05, 0.1) is 6.42 Å². The lowest BCUT2D eigenvalue weighted by atomic mass is 10.0. The van der Waals surface area contributed by atoms with E-state index in [0.717, 1.165) is 16.7 Å². The van der Waals surface area contributed by atoms with Gasteiger partial charge in [-0.1, -0.05) is 23.7 Å². The van der Waals surface area contributed by atoms with Crippen LogP contribution in [0.1, 0.15) is 29.4 Å². The number of amides is 1. The first-order valence-corrected chi connectivity index (χ1v) is 7.77. The van der Waals surface area contributed by atoms with Crippen LogP contribution in [0.3, 0.4) is 0 Å². The van der Waals surface area contributed by atoms with Crippen molar-refractivity contribution >= 4 is 23.5 Å². The van der Waals surface area contributed by atoms with E-state index < -0.39 is 5.97 Å². The highest BCUT2D eigenvalue weighted by Crippen LogP contribution is 2.30. The molecule has 0 unspecified atom stereocenters. The van der Waals surface area contributed by atoms with Crippen LogP contribution in [0, 0.1) is 6.92 Å². The Morgan fingerprint density at radius 1 is 1.26 bits per heavy atom. The molecular formula is C17H19ClN2O3. The summed E-state index contributed by atoms with van der Waals surface area (Å²) in [6.45, 7) is 4.65. The van der Waals surface area contributed by atoms with Gasteiger partial charge in [0.25, 0.3) is 5.91 Å². The number of nitrogens with zero attached hydrogens (tertiary/aromatic N) is 1. The highest BCUT2D eigenvalue weighted by molar-refractivity contribution is 6.30. The van der Waals surface area contributed by atoms with Gasteiger partial charge in [-0.25, -0.2) is 0 Å². The van der Waals surface area contributed by atoms with Gasteiger partial charge in [0.15, 0.2) is 0 Å². The molecule has 1 amide bonds. The van der Waals surface area contributed by atoms with Gasteiger partial charge in [-0.05, 0) is 37.1 Å². The van der Waals surface area contributed by atoms with Crippen molar-refractivity contribution in [3.05, 3.63) is 46.7 Å². The lowest BCUT2D eigenvalue weighted by Gasteiger charge is -2.11. The van der Waals surface area contributed by atoms with E-state index in [2.05, 4.69) is 5.32 Å². The number of benzene rings is 1. The minimum Gasteiger partial charge on any atom is -0.481 e. The zero-order chi connectivity index (χ0) is 17.0. The number of rotatable bonds is 6. The van der Waals surface area contributed by atoms with Crippen molar-refractivity contribution in [3.63, 3.8) is 0 Å².